The molecule has 2 aliphatic heterocycles. The maximum Gasteiger partial charge on any atom is 0.526 e. The van der Waals surface area contributed by atoms with Crippen LogP contribution >= 0.6 is 0 Å². The molecule has 1 aromatic rings. The number of benzene rings is 1. The Balaban J connectivity index is 1.49. The van der Waals surface area contributed by atoms with Crippen LogP contribution in [0.25, 0.3) is 0 Å². The van der Waals surface area contributed by atoms with Crippen LogP contribution in [0.4, 0.5) is 0 Å². The minimum absolute atomic E-state index is 0.0313. The lowest BCUT2D eigenvalue weighted by molar-refractivity contribution is -0.143. The number of carboxylic acids is 1. The van der Waals surface area contributed by atoms with Gasteiger partial charge in [0.1, 0.15) is 29.2 Å². The molecule has 3 atom stereocenters. The van der Waals surface area contributed by atoms with E-state index in [4.69, 9.17) is 9.39 Å². The van der Waals surface area contributed by atoms with Gasteiger partial charge in [-0.25, -0.2) is 4.79 Å². The van der Waals surface area contributed by atoms with Gasteiger partial charge >= 0.3 is 13.1 Å². The molecule has 0 aromatic heterocycles. The number of aliphatic hydroxyl groups is 1. The van der Waals surface area contributed by atoms with Crippen molar-refractivity contribution in [3.05, 3.63) is 23.3 Å². The Morgan fingerprint density at radius 2 is 2.19 bits per heavy atom. The third-order valence-corrected chi connectivity index (χ3v) is 5.49. The highest BCUT2D eigenvalue weighted by molar-refractivity contribution is 6.48. The van der Waals surface area contributed by atoms with Gasteiger partial charge in [0, 0.05) is 5.82 Å². The van der Waals surface area contributed by atoms with Crippen molar-refractivity contribution in [2.45, 2.75) is 30.3 Å². The van der Waals surface area contributed by atoms with Crippen molar-refractivity contribution in [3.63, 3.8) is 0 Å². The fourth-order valence-corrected chi connectivity index (χ4v) is 3.78. The zero-order valence-electron chi connectivity index (χ0n) is 14.8. The van der Waals surface area contributed by atoms with Crippen molar-refractivity contribution in [2.75, 3.05) is 26.7 Å². The van der Waals surface area contributed by atoms with Gasteiger partial charge in [-0.2, -0.15) is 0 Å². The van der Waals surface area contributed by atoms with Gasteiger partial charge in [-0.05, 0) is 31.0 Å². The predicted octanol–water partition coefficient (Wildman–Crippen LogP) is -0.715. The van der Waals surface area contributed by atoms with Crippen molar-refractivity contribution in [2.24, 2.45) is 0 Å². The number of aliphatic hydroxyl groups excluding tert-OH is 1. The van der Waals surface area contributed by atoms with E-state index in [0.717, 1.165) is 12.0 Å². The number of hydrogen-bond donors (Lipinski definition) is 4. The summed E-state index contributed by atoms with van der Waals surface area (Å²) in [4.78, 5) is 25.5. The molecule has 144 valence electrons. The lowest BCUT2D eigenvalue weighted by Crippen LogP contribution is -2.60. The Kier molecular flexibility index (Phi) is 4.49. The number of nitrogens with zero attached hydrogens (tertiary/aromatic N) is 1. The van der Waals surface area contributed by atoms with Gasteiger partial charge in [0.15, 0.2) is 0 Å². The maximum atomic E-state index is 12.1. The number of aromatic carboxylic acids is 1. The summed E-state index contributed by atoms with van der Waals surface area (Å²) in [5.41, 5.74) is 0.699. The number of likely N-dealkylation sites (N-methyl/N-ethyl adjacent to an activating group) is 1. The molecule has 1 saturated carbocycles. The number of likely N-dealkylation sites (tertiary alicyclic amines) is 1. The summed E-state index contributed by atoms with van der Waals surface area (Å²) >= 11 is 0. The Morgan fingerprint density at radius 1 is 1.44 bits per heavy atom. The molecule has 4 N–H and O–H groups in total. The Bertz CT molecular complexity index is 779. The lowest BCUT2D eigenvalue weighted by Gasteiger charge is -2.40. The number of carboxylic acid groups (broad SMARTS) is 1. The topological polar surface area (TPSA) is 129 Å². The summed E-state index contributed by atoms with van der Waals surface area (Å²) in [5.74, 6) is -0.912. The summed E-state index contributed by atoms with van der Waals surface area (Å²) in [5, 5.41) is 31.5. The standard InChI is InChI=1S/C17H21BN2O7/c1-19-12(7-21)16(22)20-5-8(6-20)26-13-3-2-9-10-4-11(10)18(25)27-15(9)14(13)17(23)24/h2-3,8,10-12,19,21,25H,4-7H2,1H3,(H,23,24)/t10-,11-,12+/m1/s1. The summed E-state index contributed by atoms with van der Waals surface area (Å²) in [6.45, 7) is 0.315. The second-order valence-corrected chi connectivity index (χ2v) is 7.18. The van der Waals surface area contributed by atoms with E-state index in [1.54, 1.807) is 19.2 Å². The Labute approximate surface area is 156 Å². The molecule has 4 rings (SSSR count). The zero-order chi connectivity index (χ0) is 19.3. The molecule has 10 heteroatoms. The molecule has 2 fully saturated rings. The van der Waals surface area contributed by atoms with Gasteiger partial charge < -0.3 is 34.8 Å². The molecular weight excluding hydrogens is 355 g/mol. The summed E-state index contributed by atoms with van der Waals surface area (Å²) < 4.78 is 11.3. The zero-order valence-corrected chi connectivity index (χ0v) is 14.8. The number of carbonyl (C=O) groups is 2. The number of amides is 1. The molecule has 0 bridgehead atoms. The molecule has 1 aromatic carbocycles. The smallest absolute Gasteiger partial charge is 0.526 e. The molecule has 1 aliphatic carbocycles. The molecule has 3 aliphatic rings. The molecule has 0 radical (unpaired) electrons. The van der Waals surface area contributed by atoms with Gasteiger partial charge in [-0.3, -0.25) is 4.79 Å². The number of ether oxygens (including phenoxy) is 1. The second-order valence-electron chi connectivity index (χ2n) is 7.18. The average molecular weight is 376 g/mol. The number of rotatable bonds is 6. The molecule has 0 spiro atoms. The van der Waals surface area contributed by atoms with Gasteiger partial charge in [0.25, 0.3) is 0 Å². The second kappa shape index (κ2) is 6.70. The molecule has 1 amide bonds. The first-order chi connectivity index (χ1) is 12.9. The first-order valence-corrected chi connectivity index (χ1v) is 8.93. The van der Waals surface area contributed by atoms with Crippen LogP contribution in [0.1, 0.15) is 28.3 Å². The van der Waals surface area contributed by atoms with Gasteiger partial charge in [0.05, 0.1) is 19.7 Å². The van der Waals surface area contributed by atoms with Crippen LogP contribution in [0.15, 0.2) is 12.1 Å². The van der Waals surface area contributed by atoms with E-state index in [-0.39, 0.29) is 47.4 Å². The van der Waals surface area contributed by atoms with E-state index in [2.05, 4.69) is 5.32 Å². The first-order valence-electron chi connectivity index (χ1n) is 8.93. The summed E-state index contributed by atoms with van der Waals surface area (Å²) in [7, 11) is 0.599. The third-order valence-electron chi connectivity index (χ3n) is 5.49. The number of carbonyl (C=O) groups excluding carboxylic acids is 1. The van der Waals surface area contributed by atoms with Crippen LogP contribution < -0.4 is 14.7 Å². The van der Waals surface area contributed by atoms with Crippen molar-refractivity contribution in [1.29, 1.82) is 0 Å². The minimum atomic E-state index is -1.18. The highest BCUT2D eigenvalue weighted by atomic mass is 16.5. The van der Waals surface area contributed by atoms with Crippen molar-refractivity contribution in [3.8, 4) is 11.5 Å². The van der Waals surface area contributed by atoms with Crippen molar-refractivity contribution < 1.29 is 34.2 Å². The largest absolute Gasteiger partial charge is 0.535 e. The Morgan fingerprint density at radius 3 is 2.81 bits per heavy atom. The fourth-order valence-electron chi connectivity index (χ4n) is 3.78. The molecule has 27 heavy (non-hydrogen) atoms. The van der Waals surface area contributed by atoms with Gasteiger partial charge in [-0.1, -0.05) is 6.07 Å². The predicted molar refractivity (Wildman–Crippen MR) is 94.0 cm³/mol. The minimum Gasteiger partial charge on any atom is -0.535 e. The van der Waals surface area contributed by atoms with Crippen LogP contribution in [0, 0.1) is 0 Å². The van der Waals surface area contributed by atoms with E-state index >= 15 is 0 Å². The van der Waals surface area contributed by atoms with E-state index in [0.29, 0.717) is 13.1 Å². The monoisotopic (exact) mass is 376 g/mol. The van der Waals surface area contributed by atoms with Crippen molar-refractivity contribution in [1.82, 2.24) is 10.2 Å². The summed E-state index contributed by atoms with van der Waals surface area (Å²) in [6, 6.07) is 2.75. The van der Waals surface area contributed by atoms with E-state index in [9.17, 15) is 24.8 Å². The molecule has 1 saturated heterocycles. The molecular formula is C17H21BN2O7. The highest BCUT2D eigenvalue weighted by Crippen LogP contribution is 2.60. The van der Waals surface area contributed by atoms with Crippen LogP contribution in [-0.2, 0) is 4.79 Å². The van der Waals surface area contributed by atoms with Crippen LogP contribution in [-0.4, -0.2) is 78.0 Å². The van der Waals surface area contributed by atoms with Gasteiger partial charge in [-0.15, -0.1) is 0 Å². The number of nitrogens with one attached hydrogen (secondary N) is 1. The Hall–Kier alpha value is -2.30. The number of fused-ring (bicyclic) bond motifs is 3. The van der Waals surface area contributed by atoms with Crippen LogP contribution in [0.2, 0.25) is 5.82 Å². The van der Waals surface area contributed by atoms with Gasteiger partial charge in [0.2, 0.25) is 5.91 Å². The quantitative estimate of drug-likeness (QED) is 0.479. The van der Waals surface area contributed by atoms with Crippen molar-refractivity contribution >= 4 is 19.0 Å². The number of hydrogen-bond acceptors (Lipinski definition) is 7. The highest BCUT2D eigenvalue weighted by Gasteiger charge is 2.54. The third kappa shape index (κ3) is 3.03. The normalized spacial score (nSPS) is 24.3. The van der Waals surface area contributed by atoms with E-state index < -0.39 is 19.1 Å². The van der Waals surface area contributed by atoms with E-state index in [1.807, 2.05) is 0 Å². The molecule has 9 nitrogen and oxygen atoms in total. The van der Waals surface area contributed by atoms with Crippen LogP contribution in [0.3, 0.4) is 0 Å². The average Bonchev–Trinajstić information content (AvgIpc) is 3.39. The SMILES string of the molecule is CN[C@@H](CO)C(=O)N1CC(Oc2ccc3c(c2C(=O)O)OB(O)[C@@H]2C[C@H]32)C1. The maximum absolute atomic E-state index is 12.1. The lowest BCUT2D eigenvalue weighted by atomic mass is 9.77. The molecule has 2 heterocycles. The fraction of sp³-hybridized carbons (Fsp3) is 0.529. The first kappa shape index (κ1) is 18.1. The van der Waals surface area contributed by atoms with Crippen LogP contribution in [0.5, 0.6) is 11.5 Å². The van der Waals surface area contributed by atoms with E-state index in [1.165, 1.54) is 4.90 Å². The molecule has 0 unspecified atom stereocenters. The summed E-state index contributed by atoms with van der Waals surface area (Å²) in [6.07, 6.45) is 0.438.